The highest BCUT2D eigenvalue weighted by Gasteiger charge is 2.44. The second-order valence-electron chi connectivity index (χ2n) is 14.2. The van der Waals surface area contributed by atoms with E-state index >= 15 is 4.39 Å². The van der Waals surface area contributed by atoms with Gasteiger partial charge in [0.1, 0.15) is 23.2 Å². The average molecular weight is 637 g/mol. The minimum Gasteiger partial charge on any atom is -0.432 e. The third-order valence-corrected chi connectivity index (χ3v) is 11.4. The van der Waals surface area contributed by atoms with Crippen molar-refractivity contribution in [2.24, 2.45) is 23.7 Å². The second-order valence-corrected chi connectivity index (χ2v) is 14.2. The fourth-order valence-corrected chi connectivity index (χ4v) is 8.64. The minimum absolute atomic E-state index is 0.106. The molecular formula is C38H50F6O. The molecule has 7 heteroatoms. The van der Waals surface area contributed by atoms with E-state index in [0.717, 1.165) is 36.2 Å². The van der Waals surface area contributed by atoms with Crippen molar-refractivity contribution in [3.63, 3.8) is 0 Å². The molecule has 0 radical (unpaired) electrons. The Morgan fingerprint density at radius 3 is 1.89 bits per heavy atom. The first-order valence-corrected chi connectivity index (χ1v) is 17.6. The summed E-state index contributed by atoms with van der Waals surface area (Å²) in [5.41, 5.74) is 1.15. The summed E-state index contributed by atoms with van der Waals surface area (Å²) < 4.78 is 91.0. The average Bonchev–Trinajstić information content (AvgIpc) is 3.03. The van der Waals surface area contributed by atoms with E-state index in [-0.39, 0.29) is 24.6 Å². The van der Waals surface area contributed by atoms with Crippen LogP contribution >= 0.6 is 0 Å². The third kappa shape index (κ3) is 8.60. The summed E-state index contributed by atoms with van der Waals surface area (Å²) in [4.78, 5) is 0. The number of halogens is 6. The van der Waals surface area contributed by atoms with Gasteiger partial charge in [0.05, 0.1) is 12.6 Å². The molecule has 250 valence electrons. The van der Waals surface area contributed by atoms with Crippen molar-refractivity contribution in [2.45, 2.75) is 134 Å². The maximum atomic E-state index is 15.4. The maximum Gasteiger partial charge on any atom is 0.400 e. The SMILES string of the molecule is CCCCCC1CCC(C2CCC(c3ccc(C4CCC(C(F)(F)Oc5cc(F)c(CCF)c(F)c5)CC4)c(F)c3)CC2)CC1. The van der Waals surface area contributed by atoms with Crippen LogP contribution in [0.3, 0.4) is 0 Å². The standard InChI is InChI=1S/C38H50F6O/c1-2-3-4-5-25-6-8-26(9-7-25)27-10-12-28(13-11-27)30-16-19-33(35(40)22-30)29-14-17-31(18-15-29)38(43,44)45-32-23-36(41)34(20-21-39)37(42)24-32/h16,19,22-29,31H,2-15,17-18,20-21H2,1H3. The molecular weight excluding hydrogens is 586 g/mol. The van der Waals surface area contributed by atoms with Gasteiger partial charge in [0.25, 0.3) is 0 Å². The van der Waals surface area contributed by atoms with Crippen LogP contribution in [-0.2, 0) is 6.42 Å². The van der Waals surface area contributed by atoms with Crippen molar-refractivity contribution in [2.75, 3.05) is 6.67 Å². The highest BCUT2D eigenvalue weighted by molar-refractivity contribution is 5.32. The molecule has 0 amide bonds. The molecule has 2 aromatic carbocycles. The molecule has 0 N–H and O–H groups in total. The molecule has 2 aromatic rings. The van der Waals surface area contributed by atoms with Crippen LogP contribution in [0, 0.1) is 41.1 Å². The van der Waals surface area contributed by atoms with Crippen LogP contribution in [0.1, 0.15) is 138 Å². The predicted octanol–water partition coefficient (Wildman–Crippen LogP) is 12.2. The van der Waals surface area contributed by atoms with E-state index < -0.39 is 48.1 Å². The Labute approximate surface area is 265 Å². The van der Waals surface area contributed by atoms with E-state index in [9.17, 15) is 22.0 Å². The van der Waals surface area contributed by atoms with Crippen LogP contribution < -0.4 is 4.74 Å². The Morgan fingerprint density at radius 1 is 0.711 bits per heavy atom. The molecule has 0 bridgehead atoms. The Bertz CT molecular complexity index is 1200. The smallest absolute Gasteiger partial charge is 0.400 e. The van der Waals surface area contributed by atoms with Crippen molar-refractivity contribution in [3.8, 4) is 5.75 Å². The molecule has 3 fully saturated rings. The van der Waals surface area contributed by atoms with Gasteiger partial charge in [0, 0.05) is 24.1 Å². The number of unbranched alkanes of at least 4 members (excludes halogenated alkanes) is 2. The molecule has 0 aromatic heterocycles. The van der Waals surface area contributed by atoms with E-state index in [2.05, 4.69) is 6.92 Å². The van der Waals surface area contributed by atoms with Crippen LogP contribution in [0.4, 0.5) is 26.3 Å². The van der Waals surface area contributed by atoms with E-state index in [1.807, 2.05) is 12.1 Å². The first kappa shape index (κ1) is 34.2. The molecule has 0 spiro atoms. The van der Waals surface area contributed by atoms with Crippen LogP contribution in [0.5, 0.6) is 5.75 Å². The molecule has 0 atom stereocenters. The zero-order chi connectivity index (χ0) is 32.0. The predicted molar refractivity (Wildman–Crippen MR) is 167 cm³/mol. The lowest BCUT2D eigenvalue weighted by Gasteiger charge is -2.38. The van der Waals surface area contributed by atoms with Gasteiger partial charge in [-0.15, -0.1) is 0 Å². The van der Waals surface area contributed by atoms with Gasteiger partial charge >= 0.3 is 6.11 Å². The minimum atomic E-state index is -3.64. The Morgan fingerprint density at radius 2 is 1.31 bits per heavy atom. The Balaban J connectivity index is 1.09. The van der Waals surface area contributed by atoms with Gasteiger partial charge in [-0.25, -0.2) is 13.2 Å². The van der Waals surface area contributed by atoms with Crippen molar-refractivity contribution in [3.05, 3.63) is 64.5 Å². The first-order valence-electron chi connectivity index (χ1n) is 17.6. The molecule has 45 heavy (non-hydrogen) atoms. The molecule has 0 heterocycles. The van der Waals surface area contributed by atoms with Crippen LogP contribution in [0.2, 0.25) is 0 Å². The summed E-state index contributed by atoms with van der Waals surface area (Å²) >= 11 is 0. The van der Waals surface area contributed by atoms with Crippen LogP contribution in [-0.4, -0.2) is 12.8 Å². The zero-order valence-electron chi connectivity index (χ0n) is 26.8. The summed E-state index contributed by atoms with van der Waals surface area (Å²) in [5.74, 6) is -1.43. The van der Waals surface area contributed by atoms with Gasteiger partial charge in [-0.2, -0.15) is 8.78 Å². The molecule has 3 aliphatic carbocycles. The molecule has 3 aliphatic rings. The number of benzene rings is 2. The third-order valence-electron chi connectivity index (χ3n) is 11.4. The molecule has 5 rings (SSSR count). The normalized spacial score (nSPS) is 27.8. The van der Waals surface area contributed by atoms with Crippen molar-refractivity contribution in [1.29, 1.82) is 0 Å². The van der Waals surface area contributed by atoms with Crippen molar-refractivity contribution in [1.82, 2.24) is 0 Å². The summed E-state index contributed by atoms with van der Waals surface area (Å²) in [6.45, 7) is 1.31. The van der Waals surface area contributed by atoms with Crippen LogP contribution in [0.15, 0.2) is 30.3 Å². The van der Waals surface area contributed by atoms with Crippen LogP contribution in [0.25, 0.3) is 0 Å². The zero-order valence-corrected chi connectivity index (χ0v) is 26.8. The molecule has 0 aliphatic heterocycles. The van der Waals surface area contributed by atoms with Gasteiger partial charge in [0.15, 0.2) is 0 Å². The second kappa shape index (κ2) is 15.6. The maximum absolute atomic E-state index is 15.4. The lowest BCUT2D eigenvalue weighted by molar-refractivity contribution is -0.222. The monoisotopic (exact) mass is 636 g/mol. The Hall–Kier alpha value is -2.18. The fraction of sp³-hybridized carbons (Fsp3) is 0.684. The number of ether oxygens (including phenoxy) is 1. The van der Waals surface area contributed by atoms with E-state index in [1.54, 1.807) is 6.07 Å². The first-order chi connectivity index (χ1) is 21.7. The molecule has 0 saturated heterocycles. The largest absolute Gasteiger partial charge is 0.432 e. The summed E-state index contributed by atoms with van der Waals surface area (Å²) in [5, 5.41) is 0. The molecule has 0 unspecified atom stereocenters. The summed E-state index contributed by atoms with van der Waals surface area (Å²) in [6, 6.07) is 6.95. The lowest BCUT2D eigenvalue weighted by atomic mass is 9.68. The van der Waals surface area contributed by atoms with Gasteiger partial charge < -0.3 is 4.74 Å². The highest BCUT2D eigenvalue weighted by atomic mass is 19.3. The topological polar surface area (TPSA) is 9.23 Å². The summed E-state index contributed by atoms with van der Waals surface area (Å²) in [7, 11) is 0. The van der Waals surface area contributed by atoms with Gasteiger partial charge in [-0.1, -0.05) is 57.6 Å². The van der Waals surface area contributed by atoms with E-state index in [4.69, 9.17) is 4.74 Å². The quantitative estimate of drug-likeness (QED) is 0.166. The van der Waals surface area contributed by atoms with E-state index in [0.29, 0.717) is 36.5 Å². The van der Waals surface area contributed by atoms with Crippen molar-refractivity contribution >= 4 is 0 Å². The van der Waals surface area contributed by atoms with Gasteiger partial charge in [-0.3, -0.25) is 4.39 Å². The van der Waals surface area contributed by atoms with Gasteiger partial charge in [-0.05, 0) is 111 Å². The highest BCUT2D eigenvalue weighted by Crippen LogP contribution is 2.47. The Kier molecular flexibility index (Phi) is 11.8. The number of rotatable bonds is 12. The van der Waals surface area contributed by atoms with E-state index in [1.165, 1.54) is 64.2 Å². The van der Waals surface area contributed by atoms with Gasteiger partial charge in [0.2, 0.25) is 0 Å². The van der Waals surface area contributed by atoms with Crippen molar-refractivity contribution < 1.29 is 31.1 Å². The summed E-state index contributed by atoms with van der Waals surface area (Å²) in [6.07, 6.45) is 12.5. The number of hydrogen-bond donors (Lipinski definition) is 0. The molecule has 3 saturated carbocycles. The molecule has 1 nitrogen and oxygen atoms in total. The number of hydrogen-bond acceptors (Lipinski definition) is 1. The fourth-order valence-electron chi connectivity index (χ4n) is 8.64. The number of alkyl halides is 3. The lowest BCUT2D eigenvalue weighted by Crippen LogP contribution is -2.37.